The number of hydrogen-bond acceptors (Lipinski definition) is 5. The second-order valence-electron chi connectivity index (χ2n) is 8.46. The molecule has 0 aromatic carbocycles. The van der Waals surface area contributed by atoms with E-state index in [-0.39, 0.29) is 29.8 Å². The van der Waals surface area contributed by atoms with Gasteiger partial charge in [0.25, 0.3) is 0 Å². The summed E-state index contributed by atoms with van der Waals surface area (Å²) in [7, 11) is 1.94. The summed E-state index contributed by atoms with van der Waals surface area (Å²) in [5.74, 6) is 1.80. The van der Waals surface area contributed by atoms with E-state index in [2.05, 4.69) is 21.5 Å². The fourth-order valence-corrected chi connectivity index (χ4v) is 5.72. The molecule has 8 heteroatoms. The molecule has 0 saturated carbocycles. The molecule has 7 nitrogen and oxygen atoms in total. The van der Waals surface area contributed by atoms with Gasteiger partial charge in [0.15, 0.2) is 0 Å². The van der Waals surface area contributed by atoms with Crippen LogP contribution in [0.4, 0.5) is 0 Å². The van der Waals surface area contributed by atoms with Crippen molar-refractivity contribution in [2.45, 2.75) is 44.3 Å². The second kappa shape index (κ2) is 8.45. The van der Waals surface area contributed by atoms with Gasteiger partial charge in [0.2, 0.25) is 11.8 Å². The van der Waals surface area contributed by atoms with Gasteiger partial charge in [-0.05, 0) is 31.4 Å². The molecule has 2 amide bonds. The Morgan fingerprint density at radius 1 is 1.36 bits per heavy atom. The highest BCUT2D eigenvalue weighted by atomic mass is 32.2. The summed E-state index contributed by atoms with van der Waals surface area (Å²) in [5.41, 5.74) is 1.21. The molecule has 28 heavy (non-hydrogen) atoms. The Bertz CT molecular complexity index is 723. The minimum absolute atomic E-state index is 0.0426. The molecule has 1 aromatic heterocycles. The summed E-state index contributed by atoms with van der Waals surface area (Å²) in [5, 5.41) is 7.38. The first-order valence-electron chi connectivity index (χ1n) is 10.3. The maximum Gasteiger partial charge on any atom is 0.243 e. The first-order valence-corrected chi connectivity index (χ1v) is 11.7. The SMILES string of the molecule is CSCCNC(=O)[C@H]1[C@H]2C[C@H](CN(Cc3cnn(C)c3)C2)[C@@H]2CCCC(=O)N21. The van der Waals surface area contributed by atoms with E-state index in [4.69, 9.17) is 0 Å². The number of carbonyl (C=O) groups excluding carboxylic acids is 2. The molecule has 4 atom stereocenters. The van der Waals surface area contributed by atoms with Crippen molar-refractivity contribution in [3.8, 4) is 0 Å². The average Bonchev–Trinajstić information content (AvgIpc) is 3.07. The minimum Gasteiger partial charge on any atom is -0.353 e. The average molecular weight is 406 g/mol. The number of carbonyl (C=O) groups is 2. The van der Waals surface area contributed by atoms with Gasteiger partial charge in [-0.25, -0.2) is 0 Å². The van der Waals surface area contributed by atoms with Crippen molar-refractivity contribution in [2.24, 2.45) is 18.9 Å². The molecule has 1 N–H and O–H groups in total. The normalized spacial score (nSPS) is 30.2. The van der Waals surface area contributed by atoms with Gasteiger partial charge in [-0.3, -0.25) is 19.2 Å². The van der Waals surface area contributed by atoms with Crippen LogP contribution in [0.1, 0.15) is 31.2 Å². The van der Waals surface area contributed by atoms with Crippen LogP contribution >= 0.6 is 11.8 Å². The van der Waals surface area contributed by atoms with Crippen molar-refractivity contribution in [1.82, 2.24) is 24.9 Å². The van der Waals surface area contributed by atoms with E-state index in [9.17, 15) is 9.59 Å². The first-order chi connectivity index (χ1) is 13.6. The van der Waals surface area contributed by atoms with E-state index >= 15 is 0 Å². The Labute approximate surface area is 171 Å². The van der Waals surface area contributed by atoms with Crippen molar-refractivity contribution in [3.63, 3.8) is 0 Å². The number of likely N-dealkylation sites (tertiary alicyclic amines) is 1. The Hall–Kier alpha value is -1.54. The lowest BCUT2D eigenvalue weighted by atomic mass is 9.71. The highest BCUT2D eigenvalue weighted by Crippen LogP contribution is 2.42. The summed E-state index contributed by atoms with van der Waals surface area (Å²) >= 11 is 1.72. The van der Waals surface area contributed by atoms with E-state index in [1.54, 1.807) is 11.8 Å². The summed E-state index contributed by atoms with van der Waals surface area (Å²) < 4.78 is 1.84. The largest absolute Gasteiger partial charge is 0.353 e. The third kappa shape index (κ3) is 3.94. The standard InChI is InChI=1S/C20H31N5O2S/c1-23-10-14(9-22-23)11-24-12-15-8-16(13-24)19(20(27)21-6-7-28-2)25-17(15)4-3-5-18(25)26/h9-10,15-17,19H,3-8,11-13H2,1-2H3,(H,21,27)/t15-,16+,17+,19-/m1/s1. The zero-order valence-electron chi connectivity index (χ0n) is 16.8. The molecule has 4 heterocycles. The van der Waals surface area contributed by atoms with Crippen LogP contribution in [-0.2, 0) is 23.2 Å². The number of nitrogens with zero attached hydrogens (tertiary/aromatic N) is 4. The molecule has 154 valence electrons. The number of nitrogens with one attached hydrogen (secondary N) is 1. The maximum atomic E-state index is 13.1. The van der Waals surface area contributed by atoms with Gasteiger partial charge in [0, 0.05) is 69.1 Å². The van der Waals surface area contributed by atoms with Gasteiger partial charge >= 0.3 is 0 Å². The fourth-order valence-electron chi connectivity index (χ4n) is 5.41. The number of piperidine rings is 3. The van der Waals surface area contributed by atoms with Gasteiger partial charge in [-0.15, -0.1) is 0 Å². The van der Waals surface area contributed by atoms with Gasteiger partial charge in [0.05, 0.1) is 6.20 Å². The first kappa shape index (κ1) is 19.8. The number of fused-ring (bicyclic) bond motifs is 4. The molecule has 3 saturated heterocycles. The van der Waals surface area contributed by atoms with Crippen molar-refractivity contribution < 1.29 is 9.59 Å². The summed E-state index contributed by atoms with van der Waals surface area (Å²) in [4.78, 5) is 30.3. The third-order valence-corrected chi connectivity index (χ3v) is 7.07. The van der Waals surface area contributed by atoms with Crippen molar-refractivity contribution in [3.05, 3.63) is 18.0 Å². The molecule has 0 unspecified atom stereocenters. The lowest BCUT2D eigenvalue weighted by Gasteiger charge is -2.55. The van der Waals surface area contributed by atoms with Crippen LogP contribution in [0.25, 0.3) is 0 Å². The number of aromatic nitrogens is 2. The maximum absolute atomic E-state index is 13.1. The topological polar surface area (TPSA) is 70.5 Å². The van der Waals surface area contributed by atoms with Crippen LogP contribution in [0.2, 0.25) is 0 Å². The van der Waals surface area contributed by atoms with Crippen molar-refractivity contribution >= 4 is 23.6 Å². The Morgan fingerprint density at radius 3 is 2.93 bits per heavy atom. The molecule has 0 radical (unpaired) electrons. The number of aryl methyl sites for hydroxylation is 1. The summed E-state index contributed by atoms with van der Waals surface area (Å²) in [6, 6.07) is -0.0990. The van der Waals surface area contributed by atoms with E-state index in [1.165, 1.54) is 5.56 Å². The lowest BCUT2D eigenvalue weighted by Crippen LogP contribution is -2.68. The van der Waals surface area contributed by atoms with Crippen molar-refractivity contribution in [1.29, 1.82) is 0 Å². The number of hydrogen-bond donors (Lipinski definition) is 1. The van der Waals surface area contributed by atoms with Gasteiger partial charge in [0.1, 0.15) is 6.04 Å². The van der Waals surface area contributed by atoms with Crippen LogP contribution < -0.4 is 5.32 Å². The highest BCUT2D eigenvalue weighted by Gasteiger charge is 2.51. The van der Waals surface area contributed by atoms with Crippen LogP contribution in [0.3, 0.4) is 0 Å². The molecule has 3 aliphatic rings. The predicted octanol–water partition coefficient (Wildman–Crippen LogP) is 1.10. The zero-order valence-corrected chi connectivity index (χ0v) is 17.7. The van der Waals surface area contributed by atoms with Gasteiger partial charge in [-0.2, -0.15) is 16.9 Å². The summed E-state index contributed by atoms with van der Waals surface area (Å²) in [6.07, 6.45) is 9.64. The molecule has 0 spiro atoms. The predicted molar refractivity (Wildman–Crippen MR) is 110 cm³/mol. The quantitative estimate of drug-likeness (QED) is 0.718. The van der Waals surface area contributed by atoms with Crippen molar-refractivity contribution in [2.75, 3.05) is 31.6 Å². The molecule has 1 aromatic rings. The van der Waals surface area contributed by atoms with Crippen LogP contribution in [0.5, 0.6) is 0 Å². The van der Waals surface area contributed by atoms with E-state index < -0.39 is 0 Å². The minimum atomic E-state index is -0.312. The lowest BCUT2D eigenvalue weighted by molar-refractivity contribution is -0.160. The number of thioether (sulfide) groups is 1. The van der Waals surface area contributed by atoms with E-state index in [0.29, 0.717) is 18.9 Å². The van der Waals surface area contributed by atoms with Gasteiger partial charge < -0.3 is 10.2 Å². The monoisotopic (exact) mass is 405 g/mol. The Balaban J connectivity index is 1.53. The molecule has 4 rings (SSSR count). The molecule has 3 aliphatic heterocycles. The summed E-state index contributed by atoms with van der Waals surface area (Å²) in [6.45, 7) is 3.39. The second-order valence-corrected chi connectivity index (χ2v) is 9.45. The highest BCUT2D eigenvalue weighted by molar-refractivity contribution is 7.98. The third-order valence-electron chi connectivity index (χ3n) is 6.46. The van der Waals surface area contributed by atoms with Crippen LogP contribution in [0, 0.1) is 11.8 Å². The smallest absolute Gasteiger partial charge is 0.243 e. The Morgan fingerprint density at radius 2 is 2.18 bits per heavy atom. The molecular formula is C20H31N5O2S. The van der Waals surface area contributed by atoms with Gasteiger partial charge in [-0.1, -0.05) is 0 Å². The van der Waals surface area contributed by atoms with E-state index in [0.717, 1.165) is 44.6 Å². The molecular weight excluding hydrogens is 374 g/mol. The van der Waals surface area contributed by atoms with Crippen LogP contribution in [0.15, 0.2) is 12.4 Å². The zero-order chi connectivity index (χ0) is 19.7. The number of rotatable bonds is 6. The molecule has 2 bridgehead atoms. The van der Waals surface area contributed by atoms with Crippen LogP contribution in [-0.4, -0.2) is 75.1 Å². The molecule has 0 aliphatic carbocycles. The Kier molecular flexibility index (Phi) is 5.96. The fraction of sp³-hybridized carbons (Fsp3) is 0.750. The van der Waals surface area contributed by atoms with E-state index in [1.807, 2.05) is 29.1 Å². The number of amides is 2. The molecule has 3 fully saturated rings.